The van der Waals surface area contributed by atoms with Crippen LogP contribution in [-0.4, -0.2) is 23.1 Å². The summed E-state index contributed by atoms with van der Waals surface area (Å²) in [7, 11) is 1.61. The first kappa shape index (κ1) is 19.5. The standard InChI is InChI=1S/C25H22N2O3/c1-30-20-12-9-19(10-13-20)23(27-22(28)16-17-6-3-2-4-7-17)21-14-11-18-8-5-15-26-24(18)25(21)29/h2-15,23,29H,16H2,1H3,(H,27,28)/t23-/m0/s1. The molecule has 0 fully saturated rings. The van der Waals surface area contributed by atoms with Gasteiger partial charge >= 0.3 is 0 Å². The van der Waals surface area contributed by atoms with Crippen LogP contribution >= 0.6 is 0 Å². The zero-order valence-corrected chi connectivity index (χ0v) is 16.6. The van der Waals surface area contributed by atoms with E-state index in [1.807, 2.05) is 78.9 Å². The Balaban J connectivity index is 1.71. The Kier molecular flexibility index (Phi) is 5.61. The zero-order valence-electron chi connectivity index (χ0n) is 16.6. The van der Waals surface area contributed by atoms with E-state index < -0.39 is 6.04 Å². The van der Waals surface area contributed by atoms with E-state index in [4.69, 9.17) is 4.74 Å². The highest BCUT2D eigenvalue weighted by Crippen LogP contribution is 2.35. The van der Waals surface area contributed by atoms with Crippen LogP contribution in [0.15, 0.2) is 85.1 Å². The molecule has 0 unspecified atom stereocenters. The first-order chi connectivity index (χ1) is 14.7. The summed E-state index contributed by atoms with van der Waals surface area (Å²) in [6, 6.07) is 23.9. The largest absolute Gasteiger partial charge is 0.505 e. The first-order valence-corrected chi connectivity index (χ1v) is 9.69. The zero-order chi connectivity index (χ0) is 20.9. The molecule has 3 aromatic carbocycles. The van der Waals surface area contributed by atoms with Crippen LogP contribution < -0.4 is 10.1 Å². The third-order valence-electron chi connectivity index (χ3n) is 5.05. The molecule has 4 rings (SSSR count). The molecular weight excluding hydrogens is 376 g/mol. The SMILES string of the molecule is COc1ccc([C@H](NC(=O)Cc2ccccc2)c2ccc3cccnc3c2O)cc1. The molecule has 2 N–H and O–H groups in total. The van der Waals surface area contributed by atoms with E-state index >= 15 is 0 Å². The van der Waals surface area contributed by atoms with E-state index in [1.54, 1.807) is 13.3 Å². The highest BCUT2D eigenvalue weighted by atomic mass is 16.5. The van der Waals surface area contributed by atoms with E-state index in [1.165, 1.54) is 0 Å². The topological polar surface area (TPSA) is 71.5 Å². The van der Waals surface area contributed by atoms with Gasteiger partial charge in [-0.15, -0.1) is 0 Å². The van der Waals surface area contributed by atoms with Crippen LogP contribution in [0.3, 0.4) is 0 Å². The maximum atomic E-state index is 12.8. The Hall–Kier alpha value is -3.86. The molecule has 30 heavy (non-hydrogen) atoms. The van der Waals surface area contributed by atoms with Gasteiger partial charge in [-0.05, 0) is 29.3 Å². The smallest absolute Gasteiger partial charge is 0.225 e. The summed E-state index contributed by atoms with van der Waals surface area (Å²) in [5.74, 6) is 0.647. The van der Waals surface area contributed by atoms with Crippen molar-refractivity contribution in [3.8, 4) is 11.5 Å². The van der Waals surface area contributed by atoms with E-state index in [0.717, 1.165) is 22.3 Å². The first-order valence-electron chi connectivity index (χ1n) is 9.69. The molecule has 0 aliphatic rings. The number of fused-ring (bicyclic) bond motifs is 1. The maximum absolute atomic E-state index is 12.8. The van der Waals surface area contributed by atoms with E-state index in [9.17, 15) is 9.90 Å². The summed E-state index contributed by atoms with van der Waals surface area (Å²) < 4.78 is 5.25. The van der Waals surface area contributed by atoms with Gasteiger partial charge in [0.25, 0.3) is 0 Å². The second-order valence-electron chi connectivity index (χ2n) is 7.01. The molecule has 0 aliphatic heterocycles. The summed E-state index contributed by atoms with van der Waals surface area (Å²) in [4.78, 5) is 17.1. The fourth-order valence-electron chi connectivity index (χ4n) is 3.51. The number of nitrogens with one attached hydrogen (secondary N) is 1. The lowest BCUT2D eigenvalue weighted by molar-refractivity contribution is -0.120. The molecule has 1 amide bonds. The highest BCUT2D eigenvalue weighted by Gasteiger charge is 2.22. The van der Waals surface area contributed by atoms with Crippen molar-refractivity contribution in [1.29, 1.82) is 0 Å². The average Bonchev–Trinajstić information content (AvgIpc) is 2.79. The summed E-state index contributed by atoms with van der Waals surface area (Å²) in [5, 5.41) is 14.9. The van der Waals surface area contributed by atoms with Gasteiger partial charge in [0.05, 0.1) is 19.6 Å². The third-order valence-corrected chi connectivity index (χ3v) is 5.05. The van der Waals surface area contributed by atoms with Gasteiger partial charge in [0.1, 0.15) is 17.0 Å². The van der Waals surface area contributed by atoms with E-state index in [0.29, 0.717) is 11.1 Å². The number of phenols is 1. The number of aromatic nitrogens is 1. The Morgan fingerprint density at radius 3 is 2.50 bits per heavy atom. The number of hydrogen-bond donors (Lipinski definition) is 2. The van der Waals surface area contributed by atoms with Crippen molar-refractivity contribution in [2.75, 3.05) is 7.11 Å². The van der Waals surface area contributed by atoms with Gasteiger partial charge in [0, 0.05) is 17.1 Å². The lowest BCUT2D eigenvalue weighted by Crippen LogP contribution is -2.30. The molecule has 0 spiro atoms. The van der Waals surface area contributed by atoms with Gasteiger partial charge in [0.2, 0.25) is 5.91 Å². The number of carbonyl (C=O) groups is 1. The molecule has 1 heterocycles. The van der Waals surface area contributed by atoms with Gasteiger partial charge in [-0.2, -0.15) is 0 Å². The molecule has 0 radical (unpaired) electrons. The molecule has 5 nitrogen and oxygen atoms in total. The van der Waals surface area contributed by atoms with Crippen LogP contribution in [-0.2, 0) is 11.2 Å². The summed E-state index contributed by atoms with van der Waals surface area (Å²) >= 11 is 0. The van der Waals surface area contributed by atoms with Crippen molar-refractivity contribution < 1.29 is 14.6 Å². The number of amides is 1. The van der Waals surface area contributed by atoms with E-state index in [-0.39, 0.29) is 18.1 Å². The number of phenolic OH excluding ortho intramolecular Hbond substituents is 1. The number of ether oxygens (including phenoxy) is 1. The predicted octanol–water partition coefficient (Wildman–Crippen LogP) is 4.40. The number of benzene rings is 3. The summed E-state index contributed by atoms with van der Waals surface area (Å²) in [6.45, 7) is 0. The van der Waals surface area contributed by atoms with Crippen LogP contribution in [0.4, 0.5) is 0 Å². The minimum Gasteiger partial charge on any atom is -0.505 e. The van der Waals surface area contributed by atoms with Gasteiger partial charge in [-0.3, -0.25) is 9.78 Å². The molecule has 5 heteroatoms. The van der Waals surface area contributed by atoms with Crippen LogP contribution in [0, 0.1) is 0 Å². The normalized spacial score (nSPS) is 11.8. The van der Waals surface area contributed by atoms with Gasteiger partial charge < -0.3 is 15.2 Å². The highest BCUT2D eigenvalue weighted by molar-refractivity contribution is 5.86. The molecule has 0 saturated heterocycles. The summed E-state index contributed by atoms with van der Waals surface area (Å²) in [5.41, 5.74) is 2.86. The van der Waals surface area contributed by atoms with Crippen LogP contribution in [0.25, 0.3) is 10.9 Å². The maximum Gasteiger partial charge on any atom is 0.225 e. The van der Waals surface area contributed by atoms with Crippen molar-refractivity contribution >= 4 is 16.8 Å². The van der Waals surface area contributed by atoms with Gasteiger partial charge in [0.15, 0.2) is 0 Å². The average molecular weight is 398 g/mol. The summed E-state index contributed by atoms with van der Waals surface area (Å²) in [6.07, 6.45) is 1.89. The minimum absolute atomic E-state index is 0.0638. The minimum atomic E-state index is -0.529. The fourth-order valence-corrected chi connectivity index (χ4v) is 3.51. The van der Waals surface area contributed by atoms with Crippen LogP contribution in [0.1, 0.15) is 22.7 Å². The molecule has 0 bridgehead atoms. The Labute approximate surface area is 175 Å². The molecule has 0 saturated carbocycles. The number of nitrogens with zero attached hydrogens (tertiary/aromatic N) is 1. The van der Waals surface area contributed by atoms with Crippen LogP contribution in [0.2, 0.25) is 0 Å². The Morgan fingerprint density at radius 1 is 1.00 bits per heavy atom. The quantitative estimate of drug-likeness (QED) is 0.505. The number of hydrogen-bond acceptors (Lipinski definition) is 4. The van der Waals surface area contributed by atoms with Crippen molar-refractivity contribution in [1.82, 2.24) is 10.3 Å². The Bertz CT molecular complexity index is 1160. The lowest BCUT2D eigenvalue weighted by Gasteiger charge is -2.22. The van der Waals surface area contributed by atoms with Crippen molar-refractivity contribution in [3.63, 3.8) is 0 Å². The second-order valence-corrected chi connectivity index (χ2v) is 7.01. The lowest BCUT2D eigenvalue weighted by atomic mass is 9.95. The number of aromatic hydroxyl groups is 1. The Morgan fingerprint density at radius 2 is 1.77 bits per heavy atom. The number of carbonyl (C=O) groups excluding carboxylic acids is 1. The van der Waals surface area contributed by atoms with Crippen LogP contribution in [0.5, 0.6) is 11.5 Å². The van der Waals surface area contributed by atoms with Crippen molar-refractivity contribution in [2.24, 2.45) is 0 Å². The molecular formula is C25H22N2O3. The third kappa shape index (κ3) is 4.10. The number of pyridine rings is 1. The second kappa shape index (κ2) is 8.66. The molecule has 1 aromatic heterocycles. The number of rotatable bonds is 6. The van der Waals surface area contributed by atoms with Crippen molar-refractivity contribution in [3.05, 3.63) is 102 Å². The van der Waals surface area contributed by atoms with Crippen molar-refractivity contribution in [2.45, 2.75) is 12.5 Å². The fraction of sp³-hybridized carbons (Fsp3) is 0.120. The molecule has 4 aromatic rings. The number of methoxy groups -OCH3 is 1. The molecule has 1 atom stereocenters. The van der Waals surface area contributed by atoms with Gasteiger partial charge in [-0.25, -0.2) is 0 Å². The van der Waals surface area contributed by atoms with Gasteiger partial charge in [-0.1, -0.05) is 60.7 Å². The predicted molar refractivity (Wildman–Crippen MR) is 117 cm³/mol. The molecule has 0 aliphatic carbocycles. The monoisotopic (exact) mass is 398 g/mol. The van der Waals surface area contributed by atoms with E-state index in [2.05, 4.69) is 10.3 Å². The molecule has 150 valence electrons.